The molecule has 0 atom stereocenters. The highest BCUT2D eigenvalue weighted by atomic mass is 35.5. The van der Waals surface area contributed by atoms with Crippen LogP contribution >= 0.6 is 11.6 Å². The summed E-state index contributed by atoms with van der Waals surface area (Å²) in [6.45, 7) is 4.19. The molecule has 1 aromatic carbocycles. The number of Topliss-reactive ketones (excluding diaryl/α,β-unsaturated/α-hetero) is 2. The number of rotatable bonds is 5. The fourth-order valence-corrected chi connectivity index (χ4v) is 2.77. The zero-order valence-electron chi connectivity index (χ0n) is 12.8. The van der Waals surface area contributed by atoms with Crippen molar-refractivity contribution in [1.29, 1.82) is 0 Å². The number of hydrogen-bond acceptors (Lipinski definition) is 4. The van der Waals surface area contributed by atoms with E-state index in [-0.39, 0.29) is 23.1 Å². The molecule has 1 saturated carbocycles. The van der Waals surface area contributed by atoms with Gasteiger partial charge in [0.2, 0.25) is 0 Å². The van der Waals surface area contributed by atoms with Crippen molar-refractivity contribution in [2.24, 2.45) is 0 Å². The number of benzene rings is 1. The minimum Gasteiger partial charge on any atom is -0.294 e. The third-order valence-corrected chi connectivity index (χ3v) is 4.01. The van der Waals surface area contributed by atoms with E-state index in [1.807, 2.05) is 26.0 Å². The molecule has 1 aliphatic carbocycles. The quantitative estimate of drug-likeness (QED) is 0.512. The van der Waals surface area contributed by atoms with E-state index >= 15 is 0 Å². The van der Waals surface area contributed by atoms with Gasteiger partial charge in [0.05, 0.1) is 17.9 Å². The summed E-state index contributed by atoms with van der Waals surface area (Å²) in [7, 11) is 0. The number of halogens is 1. The van der Waals surface area contributed by atoms with Gasteiger partial charge in [-0.25, -0.2) is 0 Å². The fraction of sp³-hybridized carbons (Fsp3) is 0.412. The molecule has 0 radical (unpaired) electrons. The zero-order valence-corrected chi connectivity index (χ0v) is 13.6. The SMILES string of the molecule is CCONC(CC)=C1C(=O)CC(c2ccc(Cl)cc2)CC1=O. The van der Waals surface area contributed by atoms with E-state index < -0.39 is 0 Å². The predicted molar refractivity (Wildman–Crippen MR) is 85.5 cm³/mol. The van der Waals surface area contributed by atoms with Crippen molar-refractivity contribution in [3.05, 3.63) is 46.1 Å². The monoisotopic (exact) mass is 321 g/mol. The summed E-state index contributed by atoms with van der Waals surface area (Å²) in [5.74, 6) is -0.327. The van der Waals surface area contributed by atoms with Crippen molar-refractivity contribution in [2.75, 3.05) is 6.61 Å². The smallest absolute Gasteiger partial charge is 0.168 e. The molecular formula is C17H20ClNO3. The van der Waals surface area contributed by atoms with Crippen LogP contribution in [0.3, 0.4) is 0 Å². The highest BCUT2D eigenvalue weighted by Gasteiger charge is 2.33. The van der Waals surface area contributed by atoms with E-state index in [1.54, 1.807) is 12.1 Å². The molecule has 0 heterocycles. The Morgan fingerprint density at radius 1 is 1.18 bits per heavy atom. The lowest BCUT2D eigenvalue weighted by Gasteiger charge is -2.24. The predicted octanol–water partition coefficient (Wildman–Crippen LogP) is 3.56. The second-order valence-electron chi connectivity index (χ2n) is 5.25. The Balaban J connectivity index is 2.21. The van der Waals surface area contributed by atoms with Crippen molar-refractivity contribution in [2.45, 2.75) is 39.0 Å². The van der Waals surface area contributed by atoms with E-state index in [2.05, 4.69) is 5.48 Å². The van der Waals surface area contributed by atoms with Crippen LogP contribution in [-0.2, 0) is 14.4 Å². The first kappa shape index (κ1) is 16.7. The topological polar surface area (TPSA) is 55.4 Å². The number of nitrogens with one attached hydrogen (secondary N) is 1. The van der Waals surface area contributed by atoms with Gasteiger partial charge in [0.25, 0.3) is 0 Å². The second kappa shape index (κ2) is 7.56. The molecule has 0 saturated heterocycles. The normalized spacial score (nSPS) is 18.5. The Bertz CT molecular complexity index is 572. The Hall–Kier alpha value is -1.65. The number of allylic oxidation sites excluding steroid dienone is 2. The summed E-state index contributed by atoms with van der Waals surface area (Å²) in [5.41, 5.74) is 4.55. The van der Waals surface area contributed by atoms with Crippen LogP contribution in [-0.4, -0.2) is 18.2 Å². The van der Waals surface area contributed by atoms with Gasteiger partial charge in [-0.2, -0.15) is 0 Å². The molecule has 4 nitrogen and oxygen atoms in total. The minimum atomic E-state index is -0.125. The number of ketones is 2. The Kier molecular flexibility index (Phi) is 5.75. The molecule has 0 aromatic heterocycles. The van der Waals surface area contributed by atoms with Crippen molar-refractivity contribution in [1.82, 2.24) is 5.48 Å². The van der Waals surface area contributed by atoms with Gasteiger partial charge >= 0.3 is 0 Å². The second-order valence-corrected chi connectivity index (χ2v) is 5.68. The van der Waals surface area contributed by atoms with Crippen LogP contribution in [0.15, 0.2) is 35.5 Å². The highest BCUT2D eigenvalue weighted by Crippen LogP contribution is 2.33. The molecule has 0 aliphatic heterocycles. The van der Waals surface area contributed by atoms with Crippen LogP contribution in [0.2, 0.25) is 5.02 Å². The molecule has 0 unspecified atom stereocenters. The van der Waals surface area contributed by atoms with E-state index in [0.717, 1.165) is 5.56 Å². The maximum absolute atomic E-state index is 12.4. The molecule has 1 fully saturated rings. The van der Waals surface area contributed by atoms with Crippen LogP contribution < -0.4 is 5.48 Å². The molecule has 118 valence electrons. The molecule has 0 amide bonds. The first-order chi connectivity index (χ1) is 10.6. The van der Waals surface area contributed by atoms with Crippen molar-refractivity contribution < 1.29 is 14.4 Å². The third-order valence-electron chi connectivity index (χ3n) is 3.76. The fourth-order valence-electron chi connectivity index (χ4n) is 2.65. The molecule has 5 heteroatoms. The Labute approximate surface area is 135 Å². The highest BCUT2D eigenvalue weighted by molar-refractivity contribution is 6.30. The first-order valence-electron chi connectivity index (χ1n) is 7.49. The molecule has 1 aliphatic rings. The summed E-state index contributed by atoms with van der Waals surface area (Å²) < 4.78 is 0. The number of carbonyl (C=O) groups excluding carboxylic acids is 2. The summed E-state index contributed by atoms with van der Waals surface area (Å²) in [5, 5.41) is 0.645. The van der Waals surface area contributed by atoms with Gasteiger partial charge in [-0.05, 0) is 37.0 Å². The number of carbonyl (C=O) groups is 2. The molecule has 1 aromatic rings. The van der Waals surface area contributed by atoms with Gasteiger partial charge in [0, 0.05) is 17.9 Å². The third kappa shape index (κ3) is 3.76. The van der Waals surface area contributed by atoms with Gasteiger partial charge in [-0.15, -0.1) is 0 Å². The van der Waals surface area contributed by atoms with Gasteiger partial charge in [-0.1, -0.05) is 30.7 Å². The van der Waals surface area contributed by atoms with Crippen LogP contribution in [0.1, 0.15) is 44.6 Å². The maximum atomic E-state index is 12.4. The Morgan fingerprint density at radius 3 is 2.27 bits per heavy atom. The summed E-state index contributed by atoms with van der Waals surface area (Å²) in [6, 6.07) is 7.32. The molecule has 1 N–H and O–H groups in total. The number of hydroxylamine groups is 1. The summed E-state index contributed by atoms with van der Waals surface area (Å²) in [6.07, 6.45) is 1.22. The average molecular weight is 322 g/mol. The van der Waals surface area contributed by atoms with Gasteiger partial charge in [0.1, 0.15) is 0 Å². The van der Waals surface area contributed by atoms with Crippen LogP contribution in [0.5, 0.6) is 0 Å². The van der Waals surface area contributed by atoms with Crippen molar-refractivity contribution in [3.8, 4) is 0 Å². The Morgan fingerprint density at radius 2 is 1.77 bits per heavy atom. The number of hydrogen-bond donors (Lipinski definition) is 1. The molecular weight excluding hydrogens is 302 g/mol. The molecule has 2 rings (SSSR count). The van der Waals surface area contributed by atoms with Crippen LogP contribution in [0.25, 0.3) is 0 Å². The summed E-state index contributed by atoms with van der Waals surface area (Å²) in [4.78, 5) is 30.0. The van der Waals surface area contributed by atoms with Crippen molar-refractivity contribution in [3.63, 3.8) is 0 Å². The first-order valence-corrected chi connectivity index (χ1v) is 7.87. The van der Waals surface area contributed by atoms with E-state index in [9.17, 15) is 9.59 Å². The largest absolute Gasteiger partial charge is 0.294 e. The lowest BCUT2D eigenvalue weighted by Crippen LogP contribution is -2.29. The van der Waals surface area contributed by atoms with E-state index in [4.69, 9.17) is 16.4 Å². The standard InChI is InChI=1S/C17H20ClNO3/c1-3-14(19-22-4-2)17-15(20)9-12(10-16(17)21)11-5-7-13(18)8-6-11/h5-8,12,19H,3-4,9-10H2,1-2H3. The zero-order chi connectivity index (χ0) is 16.1. The molecule has 22 heavy (non-hydrogen) atoms. The minimum absolute atomic E-state index is 0.0776. The van der Waals surface area contributed by atoms with Crippen LogP contribution in [0.4, 0.5) is 0 Å². The summed E-state index contributed by atoms with van der Waals surface area (Å²) >= 11 is 5.88. The molecule has 0 spiro atoms. The maximum Gasteiger partial charge on any atom is 0.168 e. The molecule has 0 bridgehead atoms. The van der Waals surface area contributed by atoms with Crippen molar-refractivity contribution >= 4 is 23.2 Å². The van der Waals surface area contributed by atoms with Gasteiger partial charge in [-0.3, -0.25) is 19.9 Å². The van der Waals surface area contributed by atoms with E-state index in [0.29, 0.717) is 36.6 Å². The van der Waals surface area contributed by atoms with E-state index in [1.165, 1.54) is 0 Å². The lowest BCUT2D eigenvalue weighted by atomic mass is 9.79. The van der Waals surface area contributed by atoms with Gasteiger partial charge < -0.3 is 0 Å². The van der Waals surface area contributed by atoms with Gasteiger partial charge in [0.15, 0.2) is 11.6 Å². The average Bonchev–Trinajstić information content (AvgIpc) is 2.50. The van der Waals surface area contributed by atoms with Crippen LogP contribution in [0, 0.1) is 0 Å². The lowest BCUT2D eigenvalue weighted by molar-refractivity contribution is -0.124.